The van der Waals surface area contributed by atoms with Crippen molar-refractivity contribution >= 4 is 44.8 Å². The summed E-state index contributed by atoms with van der Waals surface area (Å²) in [5.74, 6) is -0.600. The molecule has 20 heavy (non-hydrogen) atoms. The fourth-order valence-corrected chi connectivity index (χ4v) is 2.39. The van der Waals surface area contributed by atoms with Gasteiger partial charge in [0.25, 0.3) is 5.91 Å². The van der Waals surface area contributed by atoms with Crippen molar-refractivity contribution in [3.05, 3.63) is 51.0 Å². The molecule has 1 amide bonds. The van der Waals surface area contributed by atoms with Gasteiger partial charge in [0.1, 0.15) is 5.75 Å². The average Bonchev–Trinajstić information content (AvgIpc) is 2.38. The van der Waals surface area contributed by atoms with Crippen molar-refractivity contribution in [3.63, 3.8) is 0 Å². The van der Waals surface area contributed by atoms with Gasteiger partial charge < -0.3 is 16.2 Å². The first-order valence-electron chi connectivity index (χ1n) is 5.74. The third kappa shape index (κ3) is 3.05. The number of phenolic OH excluding ortho intramolecular Hbond substituents is 1. The van der Waals surface area contributed by atoms with E-state index in [1.54, 1.807) is 6.07 Å². The number of anilines is 2. The topological polar surface area (TPSA) is 75.3 Å². The monoisotopic (exact) mass is 354 g/mol. The molecule has 4 N–H and O–H groups in total. The molecular formula is C14H12BrClN2O2. The van der Waals surface area contributed by atoms with Crippen molar-refractivity contribution in [2.75, 3.05) is 11.1 Å². The third-order valence-corrected chi connectivity index (χ3v) is 3.70. The Balaban J connectivity index is 2.32. The second kappa shape index (κ2) is 5.73. The third-order valence-electron chi connectivity index (χ3n) is 2.81. The van der Waals surface area contributed by atoms with Crippen LogP contribution in [0.4, 0.5) is 11.4 Å². The summed E-state index contributed by atoms with van der Waals surface area (Å²) in [5, 5.41) is 12.7. The maximum Gasteiger partial charge on any atom is 0.259 e. The van der Waals surface area contributed by atoms with E-state index >= 15 is 0 Å². The summed E-state index contributed by atoms with van der Waals surface area (Å²) < 4.78 is 0.707. The van der Waals surface area contributed by atoms with E-state index in [9.17, 15) is 9.90 Å². The minimum atomic E-state index is -0.464. The molecule has 0 radical (unpaired) electrons. The van der Waals surface area contributed by atoms with Crippen LogP contribution in [0.3, 0.4) is 0 Å². The highest BCUT2D eigenvalue weighted by atomic mass is 79.9. The first-order chi connectivity index (χ1) is 9.38. The summed E-state index contributed by atoms with van der Waals surface area (Å²) in [7, 11) is 0. The van der Waals surface area contributed by atoms with Crippen molar-refractivity contribution in [1.82, 2.24) is 0 Å². The number of aryl methyl sites for hydroxylation is 1. The zero-order valence-corrected chi connectivity index (χ0v) is 12.9. The van der Waals surface area contributed by atoms with Gasteiger partial charge in [0.15, 0.2) is 0 Å². The normalized spacial score (nSPS) is 10.3. The fraction of sp³-hybridized carbons (Fsp3) is 0.0714. The Morgan fingerprint density at radius 1 is 1.35 bits per heavy atom. The molecule has 2 aromatic carbocycles. The highest BCUT2D eigenvalue weighted by Gasteiger charge is 2.14. The fourth-order valence-electron chi connectivity index (χ4n) is 1.67. The van der Waals surface area contributed by atoms with Crippen molar-refractivity contribution in [1.29, 1.82) is 0 Å². The minimum Gasteiger partial charge on any atom is -0.507 e. The summed E-state index contributed by atoms with van der Waals surface area (Å²) in [6.45, 7) is 1.87. The van der Waals surface area contributed by atoms with Crippen LogP contribution < -0.4 is 11.1 Å². The number of aromatic hydroxyl groups is 1. The van der Waals surface area contributed by atoms with Gasteiger partial charge >= 0.3 is 0 Å². The van der Waals surface area contributed by atoms with Crippen molar-refractivity contribution in [2.45, 2.75) is 6.92 Å². The molecule has 0 spiro atoms. The summed E-state index contributed by atoms with van der Waals surface area (Å²) >= 11 is 9.18. The number of nitrogens with one attached hydrogen (secondary N) is 1. The molecule has 0 aliphatic heterocycles. The molecule has 0 saturated carbocycles. The van der Waals surface area contributed by atoms with E-state index in [0.717, 1.165) is 5.56 Å². The predicted molar refractivity (Wildman–Crippen MR) is 84.4 cm³/mol. The largest absolute Gasteiger partial charge is 0.507 e. The maximum atomic E-state index is 12.1. The molecule has 0 saturated heterocycles. The van der Waals surface area contributed by atoms with Crippen LogP contribution in [0.15, 0.2) is 34.8 Å². The van der Waals surface area contributed by atoms with Crippen molar-refractivity contribution < 1.29 is 9.90 Å². The van der Waals surface area contributed by atoms with Gasteiger partial charge in [-0.15, -0.1) is 0 Å². The number of nitrogens with two attached hydrogens (primary N) is 1. The molecule has 4 nitrogen and oxygen atoms in total. The molecule has 0 aliphatic carbocycles. The molecule has 2 rings (SSSR count). The van der Waals surface area contributed by atoms with Crippen LogP contribution in [-0.4, -0.2) is 11.0 Å². The summed E-state index contributed by atoms with van der Waals surface area (Å²) in [6.07, 6.45) is 0. The van der Waals surface area contributed by atoms with Crippen LogP contribution in [0.1, 0.15) is 15.9 Å². The van der Waals surface area contributed by atoms with Crippen LogP contribution in [0, 0.1) is 6.92 Å². The number of benzene rings is 2. The summed E-state index contributed by atoms with van der Waals surface area (Å²) in [5.41, 5.74) is 7.91. The zero-order valence-electron chi connectivity index (χ0n) is 10.6. The Morgan fingerprint density at radius 3 is 2.75 bits per heavy atom. The highest BCUT2D eigenvalue weighted by molar-refractivity contribution is 9.10. The molecule has 0 unspecified atom stereocenters. The number of nitrogen functional groups attached to an aromatic ring is 1. The van der Waals surface area contributed by atoms with Gasteiger partial charge in [-0.05, 0) is 58.7 Å². The molecule has 0 bridgehead atoms. The smallest absolute Gasteiger partial charge is 0.259 e. The zero-order chi connectivity index (χ0) is 14.9. The Kier molecular flexibility index (Phi) is 4.20. The van der Waals surface area contributed by atoms with E-state index in [-0.39, 0.29) is 11.3 Å². The lowest BCUT2D eigenvalue weighted by Gasteiger charge is -2.11. The van der Waals surface area contributed by atoms with Gasteiger partial charge in [-0.1, -0.05) is 11.6 Å². The highest BCUT2D eigenvalue weighted by Crippen LogP contribution is 2.29. The molecule has 2 aromatic rings. The summed E-state index contributed by atoms with van der Waals surface area (Å²) in [4.78, 5) is 12.1. The quantitative estimate of drug-likeness (QED) is 0.714. The van der Waals surface area contributed by atoms with E-state index in [2.05, 4.69) is 21.2 Å². The second-order valence-corrected chi connectivity index (χ2v) is 5.60. The second-order valence-electron chi connectivity index (χ2n) is 4.30. The lowest BCUT2D eigenvalue weighted by Crippen LogP contribution is -2.13. The van der Waals surface area contributed by atoms with E-state index < -0.39 is 5.91 Å². The molecular weight excluding hydrogens is 344 g/mol. The van der Waals surface area contributed by atoms with Crippen LogP contribution in [0.5, 0.6) is 5.75 Å². The van der Waals surface area contributed by atoms with Gasteiger partial charge in [0.2, 0.25) is 0 Å². The minimum absolute atomic E-state index is 0.101. The van der Waals surface area contributed by atoms with Crippen LogP contribution >= 0.6 is 27.5 Å². The molecule has 6 heteroatoms. The number of amides is 1. The van der Waals surface area contributed by atoms with Crippen molar-refractivity contribution in [2.24, 2.45) is 0 Å². The lowest BCUT2D eigenvalue weighted by atomic mass is 10.1. The van der Waals surface area contributed by atoms with Gasteiger partial charge in [-0.2, -0.15) is 0 Å². The number of rotatable bonds is 2. The van der Waals surface area contributed by atoms with E-state index in [1.807, 2.05) is 13.0 Å². The maximum absolute atomic E-state index is 12.1. The van der Waals surface area contributed by atoms with E-state index in [4.69, 9.17) is 17.3 Å². The van der Waals surface area contributed by atoms with Gasteiger partial charge in [-0.25, -0.2) is 0 Å². The van der Waals surface area contributed by atoms with Crippen LogP contribution in [0.2, 0.25) is 5.02 Å². The Hall–Kier alpha value is -1.72. The molecule has 104 valence electrons. The standard InChI is InChI=1S/C14H12BrClN2O2/c1-7-4-10(15)12(6-11(7)17)18-14(20)9-5-8(16)2-3-13(9)19/h2-6,19H,17H2,1H3,(H,18,20). The van der Waals surface area contributed by atoms with Gasteiger partial charge in [-0.3, -0.25) is 4.79 Å². The van der Waals surface area contributed by atoms with Gasteiger partial charge in [0, 0.05) is 15.2 Å². The average molecular weight is 356 g/mol. The van der Waals surface area contributed by atoms with E-state index in [1.165, 1.54) is 18.2 Å². The molecule has 0 aromatic heterocycles. The first kappa shape index (κ1) is 14.7. The van der Waals surface area contributed by atoms with Crippen molar-refractivity contribution in [3.8, 4) is 5.75 Å². The Bertz CT molecular complexity index is 689. The Labute approximate surface area is 129 Å². The number of phenols is 1. The van der Waals surface area contributed by atoms with Crippen LogP contribution in [-0.2, 0) is 0 Å². The van der Waals surface area contributed by atoms with Gasteiger partial charge in [0.05, 0.1) is 11.3 Å². The number of hydrogen-bond donors (Lipinski definition) is 3. The molecule has 0 aliphatic rings. The predicted octanol–water partition coefficient (Wildman–Crippen LogP) is 3.95. The first-order valence-corrected chi connectivity index (χ1v) is 6.91. The molecule has 0 heterocycles. The van der Waals surface area contributed by atoms with Crippen LogP contribution in [0.25, 0.3) is 0 Å². The number of carbonyl (C=O) groups is 1. The molecule has 0 atom stereocenters. The SMILES string of the molecule is Cc1cc(Br)c(NC(=O)c2cc(Cl)ccc2O)cc1N. The molecule has 0 fully saturated rings. The lowest BCUT2D eigenvalue weighted by molar-refractivity contribution is 0.102. The number of carbonyl (C=O) groups excluding carboxylic acids is 1. The summed E-state index contributed by atoms with van der Waals surface area (Å²) in [6, 6.07) is 7.74. The van der Waals surface area contributed by atoms with E-state index in [0.29, 0.717) is 20.9 Å². The Morgan fingerprint density at radius 2 is 2.05 bits per heavy atom. The number of halogens is 2. The number of hydrogen-bond acceptors (Lipinski definition) is 3.